The van der Waals surface area contributed by atoms with Crippen LogP contribution in [-0.4, -0.2) is 10.9 Å². The highest BCUT2D eigenvalue weighted by molar-refractivity contribution is 6.17. The monoisotopic (exact) mass is 311 g/mol. The van der Waals surface area contributed by atoms with Gasteiger partial charge < -0.3 is 4.42 Å². The quantitative estimate of drug-likeness (QED) is 0.439. The lowest BCUT2D eigenvalue weighted by atomic mass is 10.1. The Hall–Kier alpha value is -2.06. The SMILES string of the molecule is ClCCCCc1nc(-c2ccccc2)c(-c2ccccc2)o1. The van der Waals surface area contributed by atoms with Crippen molar-refractivity contribution in [1.29, 1.82) is 0 Å². The fourth-order valence-electron chi connectivity index (χ4n) is 2.42. The molecule has 3 rings (SSSR count). The van der Waals surface area contributed by atoms with Gasteiger partial charge in [0, 0.05) is 23.4 Å². The van der Waals surface area contributed by atoms with E-state index in [4.69, 9.17) is 21.0 Å². The average molecular weight is 312 g/mol. The van der Waals surface area contributed by atoms with Gasteiger partial charge in [-0.15, -0.1) is 11.6 Å². The van der Waals surface area contributed by atoms with Crippen molar-refractivity contribution in [3.8, 4) is 22.6 Å². The van der Waals surface area contributed by atoms with E-state index in [-0.39, 0.29) is 0 Å². The predicted octanol–water partition coefficient (Wildman–Crippen LogP) is 5.57. The maximum atomic E-state index is 6.05. The van der Waals surface area contributed by atoms with Gasteiger partial charge in [0.25, 0.3) is 0 Å². The van der Waals surface area contributed by atoms with Crippen LogP contribution in [0, 0.1) is 0 Å². The third-order valence-corrected chi connectivity index (χ3v) is 3.80. The molecule has 2 nitrogen and oxygen atoms in total. The van der Waals surface area contributed by atoms with Crippen LogP contribution in [0.25, 0.3) is 22.6 Å². The summed E-state index contributed by atoms with van der Waals surface area (Å²) in [5.41, 5.74) is 3.04. The average Bonchev–Trinajstić information content (AvgIpc) is 3.01. The van der Waals surface area contributed by atoms with Gasteiger partial charge in [-0.3, -0.25) is 0 Å². The topological polar surface area (TPSA) is 26.0 Å². The number of alkyl halides is 1. The molecule has 0 amide bonds. The number of unbranched alkanes of at least 4 members (excludes halogenated alkanes) is 1. The Morgan fingerprint density at radius 2 is 1.45 bits per heavy atom. The normalized spacial score (nSPS) is 10.8. The lowest BCUT2D eigenvalue weighted by molar-refractivity contribution is 0.497. The molecule has 0 N–H and O–H groups in total. The van der Waals surface area contributed by atoms with E-state index in [1.807, 2.05) is 36.4 Å². The molecule has 0 aliphatic heterocycles. The fourth-order valence-corrected chi connectivity index (χ4v) is 2.61. The Labute approximate surface area is 135 Å². The van der Waals surface area contributed by atoms with Crippen LogP contribution in [0.4, 0.5) is 0 Å². The molecule has 0 unspecified atom stereocenters. The zero-order valence-electron chi connectivity index (χ0n) is 12.3. The third kappa shape index (κ3) is 3.40. The number of halogens is 1. The molecule has 2 aromatic carbocycles. The number of hydrogen-bond acceptors (Lipinski definition) is 2. The second-order valence-corrected chi connectivity index (χ2v) is 5.54. The number of oxazole rings is 1. The first kappa shape index (κ1) is 14.9. The second kappa shape index (κ2) is 7.28. The standard InChI is InChI=1S/C19H18ClNO/c20-14-8-7-13-17-21-18(15-9-3-1-4-10-15)19(22-17)16-11-5-2-6-12-16/h1-6,9-12H,7-8,13-14H2. The van der Waals surface area contributed by atoms with Crippen molar-refractivity contribution in [3.05, 3.63) is 66.6 Å². The van der Waals surface area contributed by atoms with Gasteiger partial charge in [-0.2, -0.15) is 0 Å². The summed E-state index contributed by atoms with van der Waals surface area (Å²) in [6.07, 6.45) is 2.79. The highest BCUT2D eigenvalue weighted by Gasteiger charge is 2.16. The molecule has 3 heteroatoms. The van der Waals surface area contributed by atoms with Gasteiger partial charge >= 0.3 is 0 Å². The van der Waals surface area contributed by atoms with Crippen molar-refractivity contribution in [2.24, 2.45) is 0 Å². The van der Waals surface area contributed by atoms with Gasteiger partial charge in [-0.25, -0.2) is 4.98 Å². The Balaban J connectivity index is 1.99. The smallest absolute Gasteiger partial charge is 0.195 e. The van der Waals surface area contributed by atoms with E-state index in [0.717, 1.165) is 47.7 Å². The van der Waals surface area contributed by atoms with E-state index < -0.39 is 0 Å². The van der Waals surface area contributed by atoms with Crippen LogP contribution in [0.1, 0.15) is 18.7 Å². The molecule has 0 aliphatic rings. The summed E-state index contributed by atoms with van der Waals surface area (Å²) < 4.78 is 6.05. The number of benzene rings is 2. The van der Waals surface area contributed by atoms with Crippen LogP contribution in [0.3, 0.4) is 0 Å². The van der Waals surface area contributed by atoms with Crippen LogP contribution in [0.5, 0.6) is 0 Å². The van der Waals surface area contributed by atoms with E-state index in [9.17, 15) is 0 Å². The number of nitrogens with zero attached hydrogens (tertiary/aromatic N) is 1. The molecule has 3 aromatic rings. The molecule has 0 radical (unpaired) electrons. The minimum absolute atomic E-state index is 0.678. The van der Waals surface area contributed by atoms with Crippen LogP contribution < -0.4 is 0 Å². The largest absolute Gasteiger partial charge is 0.440 e. The van der Waals surface area contributed by atoms with E-state index >= 15 is 0 Å². The highest BCUT2D eigenvalue weighted by atomic mass is 35.5. The summed E-state index contributed by atoms with van der Waals surface area (Å²) in [7, 11) is 0. The summed E-state index contributed by atoms with van der Waals surface area (Å²) in [6, 6.07) is 20.3. The molecule has 0 atom stereocenters. The zero-order valence-corrected chi connectivity index (χ0v) is 13.1. The van der Waals surface area contributed by atoms with Crippen LogP contribution in [0.15, 0.2) is 65.1 Å². The molecule has 0 aliphatic carbocycles. The van der Waals surface area contributed by atoms with Gasteiger partial charge in [0.15, 0.2) is 11.7 Å². The molecule has 0 saturated heterocycles. The van der Waals surface area contributed by atoms with Crippen molar-refractivity contribution < 1.29 is 4.42 Å². The second-order valence-electron chi connectivity index (χ2n) is 5.16. The Kier molecular flexibility index (Phi) is 4.92. The highest BCUT2D eigenvalue weighted by Crippen LogP contribution is 2.32. The molecule has 1 heterocycles. The maximum absolute atomic E-state index is 6.05. The van der Waals surface area contributed by atoms with E-state index in [1.54, 1.807) is 0 Å². The molecule has 0 saturated carbocycles. The minimum atomic E-state index is 0.678. The minimum Gasteiger partial charge on any atom is -0.440 e. The molecular formula is C19H18ClNO. The zero-order chi connectivity index (χ0) is 15.2. The number of aryl methyl sites for hydroxylation is 1. The van der Waals surface area contributed by atoms with Crippen LogP contribution in [0.2, 0.25) is 0 Å². The lowest BCUT2D eigenvalue weighted by Crippen LogP contribution is -1.86. The first-order valence-corrected chi connectivity index (χ1v) is 8.08. The third-order valence-electron chi connectivity index (χ3n) is 3.53. The molecular weight excluding hydrogens is 294 g/mol. The van der Waals surface area contributed by atoms with Crippen molar-refractivity contribution in [3.63, 3.8) is 0 Å². The van der Waals surface area contributed by atoms with Gasteiger partial charge in [0.05, 0.1) is 0 Å². The van der Waals surface area contributed by atoms with E-state index in [1.165, 1.54) is 0 Å². The van der Waals surface area contributed by atoms with E-state index in [2.05, 4.69) is 24.3 Å². The first-order chi connectivity index (χ1) is 10.9. The van der Waals surface area contributed by atoms with Gasteiger partial charge in [0.1, 0.15) is 5.69 Å². The molecule has 22 heavy (non-hydrogen) atoms. The van der Waals surface area contributed by atoms with Crippen LogP contribution in [-0.2, 0) is 6.42 Å². The van der Waals surface area contributed by atoms with Gasteiger partial charge in [-0.1, -0.05) is 60.7 Å². The summed E-state index contributed by atoms with van der Waals surface area (Å²) in [4.78, 5) is 4.72. The van der Waals surface area contributed by atoms with E-state index in [0.29, 0.717) is 5.88 Å². The van der Waals surface area contributed by atoms with Crippen molar-refractivity contribution in [1.82, 2.24) is 4.98 Å². The Bertz CT molecular complexity index is 650. The number of aromatic nitrogens is 1. The summed E-state index contributed by atoms with van der Waals surface area (Å²) in [6.45, 7) is 0. The summed E-state index contributed by atoms with van der Waals surface area (Å²) in [5, 5.41) is 0. The summed E-state index contributed by atoms with van der Waals surface area (Å²) in [5.74, 6) is 2.30. The molecule has 0 fully saturated rings. The Morgan fingerprint density at radius 1 is 0.818 bits per heavy atom. The van der Waals surface area contributed by atoms with Gasteiger partial charge in [-0.05, 0) is 12.8 Å². The summed E-state index contributed by atoms with van der Waals surface area (Å²) >= 11 is 5.74. The predicted molar refractivity (Wildman–Crippen MR) is 91.0 cm³/mol. The molecule has 112 valence electrons. The number of rotatable bonds is 6. The lowest BCUT2D eigenvalue weighted by Gasteiger charge is -2.00. The van der Waals surface area contributed by atoms with Crippen molar-refractivity contribution in [2.45, 2.75) is 19.3 Å². The Morgan fingerprint density at radius 3 is 2.09 bits per heavy atom. The number of hydrogen-bond donors (Lipinski definition) is 0. The van der Waals surface area contributed by atoms with Crippen LogP contribution >= 0.6 is 11.6 Å². The molecule has 0 bridgehead atoms. The van der Waals surface area contributed by atoms with Crippen molar-refractivity contribution in [2.75, 3.05) is 5.88 Å². The van der Waals surface area contributed by atoms with Crippen molar-refractivity contribution >= 4 is 11.6 Å². The molecule has 1 aromatic heterocycles. The first-order valence-electron chi connectivity index (χ1n) is 7.55. The fraction of sp³-hybridized carbons (Fsp3) is 0.211. The van der Waals surface area contributed by atoms with Gasteiger partial charge in [0.2, 0.25) is 0 Å². The molecule has 0 spiro atoms. The maximum Gasteiger partial charge on any atom is 0.195 e.